The molecule has 2 saturated carbocycles. The van der Waals surface area contributed by atoms with E-state index in [1.54, 1.807) is 0 Å². The molecule has 0 radical (unpaired) electrons. The van der Waals surface area contributed by atoms with Crippen LogP contribution in [-0.4, -0.2) is 49.7 Å². The Morgan fingerprint density at radius 2 is 1.79 bits per heavy atom. The Labute approximate surface area is 121 Å². The van der Waals surface area contributed by atoms with Gasteiger partial charge in [0.05, 0.1) is 19.1 Å². The van der Waals surface area contributed by atoms with Crippen molar-refractivity contribution in [1.82, 2.24) is 10.2 Å². The van der Waals surface area contributed by atoms with Crippen LogP contribution < -0.4 is 5.32 Å². The van der Waals surface area contributed by atoms with Gasteiger partial charge in [0.15, 0.2) is 0 Å². The SMILES string of the molecule is Cl.O=C(CC1CNCCO1)N(CC1CC1)CC1CC1. The number of morpholine rings is 1. The fourth-order valence-electron chi connectivity index (χ4n) is 2.58. The molecule has 1 saturated heterocycles. The smallest absolute Gasteiger partial charge is 0.225 e. The Kier molecular flexibility index (Phi) is 5.48. The van der Waals surface area contributed by atoms with Gasteiger partial charge in [-0.3, -0.25) is 4.79 Å². The number of ether oxygens (including phenoxy) is 1. The molecule has 1 unspecified atom stereocenters. The van der Waals surface area contributed by atoms with Crippen molar-refractivity contribution in [3.8, 4) is 0 Å². The topological polar surface area (TPSA) is 41.6 Å². The van der Waals surface area contributed by atoms with Crippen LogP contribution in [0.3, 0.4) is 0 Å². The van der Waals surface area contributed by atoms with Crippen molar-refractivity contribution in [2.45, 2.75) is 38.2 Å². The molecule has 3 fully saturated rings. The van der Waals surface area contributed by atoms with Gasteiger partial charge < -0.3 is 15.0 Å². The number of hydrogen-bond acceptors (Lipinski definition) is 3. The average molecular weight is 289 g/mol. The molecule has 1 amide bonds. The summed E-state index contributed by atoms with van der Waals surface area (Å²) in [6.07, 6.45) is 5.91. The number of nitrogens with one attached hydrogen (secondary N) is 1. The molecule has 0 aromatic carbocycles. The van der Waals surface area contributed by atoms with Gasteiger partial charge >= 0.3 is 0 Å². The van der Waals surface area contributed by atoms with Crippen LogP contribution >= 0.6 is 12.4 Å². The highest BCUT2D eigenvalue weighted by Gasteiger charge is 2.32. The minimum absolute atomic E-state index is 0. The number of halogens is 1. The number of rotatable bonds is 6. The summed E-state index contributed by atoms with van der Waals surface area (Å²) < 4.78 is 5.63. The molecule has 3 rings (SSSR count). The van der Waals surface area contributed by atoms with E-state index in [-0.39, 0.29) is 18.5 Å². The normalized spacial score (nSPS) is 26.6. The third-order valence-electron chi connectivity index (χ3n) is 4.11. The Morgan fingerprint density at radius 1 is 1.16 bits per heavy atom. The lowest BCUT2D eigenvalue weighted by Gasteiger charge is -2.27. The summed E-state index contributed by atoms with van der Waals surface area (Å²) in [4.78, 5) is 14.5. The monoisotopic (exact) mass is 288 g/mol. The van der Waals surface area contributed by atoms with Gasteiger partial charge in [-0.2, -0.15) is 0 Å². The fourth-order valence-corrected chi connectivity index (χ4v) is 2.58. The second-order valence-electron chi connectivity index (χ2n) is 6.09. The first kappa shape index (κ1) is 15.1. The van der Waals surface area contributed by atoms with Crippen molar-refractivity contribution in [1.29, 1.82) is 0 Å². The van der Waals surface area contributed by atoms with E-state index >= 15 is 0 Å². The zero-order chi connectivity index (χ0) is 12.4. The molecule has 0 aromatic heterocycles. The standard InChI is InChI=1S/C14H24N2O2.ClH/c17-14(7-13-8-15-5-6-18-13)16(9-11-1-2-11)10-12-3-4-12;/h11-13,15H,1-10H2;1H. The van der Waals surface area contributed by atoms with Gasteiger partial charge in [0.1, 0.15) is 0 Å². The lowest BCUT2D eigenvalue weighted by atomic mass is 10.2. The molecule has 1 heterocycles. The second kappa shape index (κ2) is 6.91. The van der Waals surface area contributed by atoms with Crippen LogP contribution in [0, 0.1) is 11.8 Å². The molecule has 1 atom stereocenters. The Hall–Kier alpha value is -0.320. The highest BCUT2D eigenvalue weighted by molar-refractivity contribution is 5.85. The van der Waals surface area contributed by atoms with Gasteiger partial charge in [-0.25, -0.2) is 0 Å². The maximum absolute atomic E-state index is 12.4. The van der Waals surface area contributed by atoms with Crippen LogP contribution in [0.15, 0.2) is 0 Å². The molecule has 0 spiro atoms. The summed E-state index contributed by atoms with van der Waals surface area (Å²) in [7, 11) is 0. The average Bonchev–Trinajstić information content (AvgIpc) is 3.24. The van der Waals surface area contributed by atoms with Crippen molar-refractivity contribution < 1.29 is 9.53 Å². The summed E-state index contributed by atoms with van der Waals surface area (Å²) in [6, 6.07) is 0. The molecular formula is C14H25ClN2O2. The van der Waals surface area contributed by atoms with Crippen molar-refractivity contribution in [3.05, 3.63) is 0 Å². The number of nitrogens with zero attached hydrogens (tertiary/aromatic N) is 1. The summed E-state index contributed by atoms with van der Waals surface area (Å²) in [5.74, 6) is 1.89. The third-order valence-corrected chi connectivity index (χ3v) is 4.11. The van der Waals surface area contributed by atoms with E-state index in [1.165, 1.54) is 25.7 Å². The minimum atomic E-state index is 0. The molecule has 1 N–H and O–H groups in total. The number of carbonyl (C=O) groups excluding carboxylic acids is 1. The van der Waals surface area contributed by atoms with E-state index in [0.29, 0.717) is 12.3 Å². The maximum Gasteiger partial charge on any atom is 0.225 e. The van der Waals surface area contributed by atoms with Gasteiger partial charge in [0, 0.05) is 26.2 Å². The van der Waals surface area contributed by atoms with Crippen molar-refractivity contribution in [2.75, 3.05) is 32.8 Å². The molecule has 4 nitrogen and oxygen atoms in total. The fraction of sp³-hybridized carbons (Fsp3) is 0.929. The van der Waals surface area contributed by atoms with Crippen LogP contribution in [0.5, 0.6) is 0 Å². The Morgan fingerprint density at radius 3 is 2.26 bits per heavy atom. The summed E-state index contributed by atoms with van der Waals surface area (Å²) >= 11 is 0. The minimum Gasteiger partial charge on any atom is -0.375 e. The third kappa shape index (κ3) is 4.93. The highest BCUT2D eigenvalue weighted by Crippen LogP contribution is 2.34. The summed E-state index contributed by atoms with van der Waals surface area (Å²) in [5.41, 5.74) is 0. The first-order valence-electron chi connectivity index (χ1n) is 7.41. The predicted molar refractivity (Wildman–Crippen MR) is 76.5 cm³/mol. The zero-order valence-electron chi connectivity index (χ0n) is 11.5. The molecular weight excluding hydrogens is 264 g/mol. The molecule has 0 aromatic rings. The zero-order valence-corrected chi connectivity index (χ0v) is 12.3. The lowest BCUT2D eigenvalue weighted by molar-refractivity contribution is -0.135. The predicted octanol–water partition coefficient (Wildman–Crippen LogP) is 1.44. The quantitative estimate of drug-likeness (QED) is 0.804. The first-order valence-corrected chi connectivity index (χ1v) is 7.41. The van der Waals surface area contributed by atoms with E-state index in [9.17, 15) is 4.79 Å². The van der Waals surface area contributed by atoms with E-state index in [0.717, 1.165) is 44.6 Å². The summed E-state index contributed by atoms with van der Waals surface area (Å²) in [6.45, 7) is 4.47. The maximum atomic E-state index is 12.4. The molecule has 1 aliphatic heterocycles. The molecule has 0 bridgehead atoms. The first-order chi connectivity index (χ1) is 8.81. The van der Waals surface area contributed by atoms with Crippen LogP contribution in [0.4, 0.5) is 0 Å². The largest absolute Gasteiger partial charge is 0.375 e. The number of hydrogen-bond donors (Lipinski definition) is 1. The van der Waals surface area contributed by atoms with Gasteiger partial charge in [0.25, 0.3) is 0 Å². The van der Waals surface area contributed by atoms with E-state index in [4.69, 9.17) is 4.74 Å². The number of amides is 1. The molecule has 19 heavy (non-hydrogen) atoms. The van der Waals surface area contributed by atoms with E-state index in [1.807, 2.05) is 0 Å². The Bertz CT molecular complexity index is 286. The van der Waals surface area contributed by atoms with Crippen LogP contribution in [0.1, 0.15) is 32.1 Å². The Balaban J connectivity index is 0.00000133. The van der Waals surface area contributed by atoms with Crippen molar-refractivity contribution >= 4 is 18.3 Å². The lowest BCUT2D eigenvalue weighted by Crippen LogP contribution is -2.43. The van der Waals surface area contributed by atoms with Gasteiger partial charge in [0.2, 0.25) is 5.91 Å². The van der Waals surface area contributed by atoms with Crippen molar-refractivity contribution in [2.24, 2.45) is 11.8 Å². The van der Waals surface area contributed by atoms with Crippen LogP contribution in [-0.2, 0) is 9.53 Å². The number of carbonyl (C=O) groups is 1. The van der Waals surface area contributed by atoms with Crippen LogP contribution in [0.25, 0.3) is 0 Å². The molecule has 2 aliphatic carbocycles. The molecule has 3 aliphatic rings. The van der Waals surface area contributed by atoms with E-state index < -0.39 is 0 Å². The highest BCUT2D eigenvalue weighted by atomic mass is 35.5. The molecule has 110 valence electrons. The van der Waals surface area contributed by atoms with Gasteiger partial charge in [-0.1, -0.05) is 0 Å². The van der Waals surface area contributed by atoms with Crippen molar-refractivity contribution in [3.63, 3.8) is 0 Å². The van der Waals surface area contributed by atoms with E-state index in [2.05, 4.69) is 10.2 Å². The van der Waals surface area contributed by atoms with Gasteiger partial charge in [-0.15, -0.1) is 12.4 Å². The van der Waals surface area contributed by atoms with Gasteiger partial charge in [-0.05, 0) is 37.5 Å². The van der Waals surface area contributed by atoms with Crippen LogP contribution in [0.2, 0.25) is 0 Å². The second-order valence-corrected chi connectivity index (χ2v) is 6.09. The molecule has 5 heteroatoms. The summed E-state index contributed by atoms with van der Waals surface area (Å²) in [5, 5.41) is 3.29.